The van der Waals surface area contributed by atoms with Gasteiger partial charge in [0, 0.05) is 50.3 Å². The molecule has 2 aromatic heterocycles. The van der Waals surface area contributed by atoms with E-state index >= 15 is 0 Å². The lowest BCUT2D eigenvalue weighted by molar-refractivity contribution is -0.131. The second kappa shape index (κ2) is 7.38. The minimum Gasteiger partial charge on any atom is -0.342 e. The summed E-state index contributed by atoms with van der Waals surface area (Å²) in [7, 11) is 0. The summed E-state index contributed by atoms with van der Waals surface area (Å²) in [5, 5.41) is 0. The number of carbonyl (C=O) groups excluding carboxylic acids is 1. The van der Waals surface area contributed by atoms with Crippen LogP contribution in [0.4, 0.5) is 0 Å². The van der Waals surface area contributed by atoms with Crippen LogP contribution in [-0.4, -0.2) is 38.4 Å². The quantitative estimate of drug-likeness (QED) is 0.842. The number of imidazole rings is 1. The molecule has 5 nitrogen and oxygen atoms in total. The van der Waals surface area contributed by atoms with Crippen LogP contribution in [0.3, 0.4) is 0 Å². The Kier molecular flexibility index (Phi) is 4.81. The van der Waals surface area contributed by atoms with Gasteiger partial charge < -0.3 is 9.47 Å². The molecule has 1 saturated heterocycles. The van der Waals surface area contributed by atoms with Gasteiger partial charge in [-0.3, -0.25) is 9.78 Å². The highest BCUT2D eigenvalue weighted by molar-refractivity contribution is 5.78. The molecule has 0 radical (unpaired) electrons. The number of nitrogens with zero attached hydrogens (tertiary/aromatic N) is 4. The average Bonchev–Trinajstić information content (AvgIpc) is 3.07. The SMILES string of the molecule is O=C(Cc1cccnc1)N1CCCC(c2nccn2CC2CCC2)C1. The molecule has 0 aromatic carbocycles. The van der Waals surface area contributed by atoms with Crippen molar-refractivity contribution in [1.82, 2.24) is 19.4 Å². The molecule has 132 valence electrons. The minimum absolute atomic E-state index is 0.204. The van der Waals surface area contributed by atoms with Crippen molar-refractivity contribution in [2.24, 2.45) is 5.92 Å². The summed E-state index contributed by atoms with van der Waals surface area (Å²) in [6.07, 6.45) is 14.2. The van der Waals surface area contributed by atoms with Gasteiger partial charge in [0.05, 0.1) is 6.42 Å². The lowest BCUT2D eigenvalue weighted by Crippen LogP contribution is -2.40. The first-order valence-electron chi connectivity index (χ1n) is 9.47. The van der Waals surface area contributed by atoms with E-state index in [9.17, 15) is 4.79 Å². The van der Waals surface area contributed by atoms with Gasteiger partial charge in [0.25, 0.3) is 0 Å². The van der Waals surface area contributed by atoms with Crippen LogP contribution in [0.1, 0.15) is 49.4 Å². The van der Waals surface area contributed by atoms with Crippen molar-refractivity contribution in [2.45, 2.75) is 51.0 Å². The van der Waals surface area contributed by atoms with E-state index in [1.54, 1.807) is 12.4 Å². The molecule has 3 heterocycles. The molecule has 2 aromatic rings. The topological polar surface area (TPSA) is 51.0 Å². The third-order valence-electron chi connectivity index (χ3n) is 5.64. The number of rotatable bonds is 5. The number of amides is 1. The monoisotopic (exact) mass is 338 g/mol. The van der Waals surface area contributed by atoms with Crippen LogP contribution in [0.2, 0.25) is 0 Å². The van der Waals surface area contributed by atoms with E-state index in [1.807, 2.05) is 23.2 Å². The van der Waals surface area contributed by atoms with Gasteiger partial charge in [0.1, 0.15) is 5.82 Å². The van der Waals surface area contributed by atoms with Crippen LogP contribution in [0, 0.1) is 5.92 Å². The first-order valence-corrected chi connectivity index (χ1v) is 9.47. The molecule has 4 rings (SSSR count). The molecule has 25 heavy (non-hydrogen) atoms. The summed E-state index contributed by atoms with van der Waals surface area (Å²) in [6, 6.07) is 3.86. The lowest BCUT2D eigenvalue weighted by atomic mass is 9.85. The number of hydrogen-bond acceptors (Lipinski definition) is 3. The zero-order chi connectivity index (χ0) is 17.1. The van der Waals surface area contributed by atoms with E-state index in [1.165, 1.54) is 25.1 Å². The minimum atomic E-state index is 0.204. The number of likely N-dealkylation sites (tertiary alicyclic amines) is 1. The van der Waals surface area contributed by atoms with Crippen LogP contribution in [0.5, 0.6) is 0 Å². The molecular formula is C20H26N4O. The summed E-state index contributed by atoms with van der Waals surface area (Å²) in [6.45, 7) is 2.75. The summed E-state index contributed by atoms with van der Waals surface area (Å²) in [5.74, 6) is 2.56. The van der Waals surface area contributed by atoms with Crippen molar-refractivity contribution >= 4 is 5.91 Å². The molecule has 1 unspecified atom stereocenters. The number of carbonyl (C=O) groups is 1. The van der Waals surface area contributed by atoms with E-state index in [0.717, 1.165) is 44.0 Å². The second-order valence-corrected chi connectivity index (χ2v) is 7.45. The number of pyridine rings is 1. The molecule has 2 aliphatic rings. The van der Waals surface area contributed by atoms with Crippen LogP contribution < -0.4 is 0 Å². The molecule has 1 aliphatic carbocycles. The standard InChI is InChI=1S/C20H26N4O/c25-19(12-17-6-2-8-21-13-17)23-10-3-7-18(15-23)20-22-9-11-24(20)14-16-4-1-5-16/h2,6,8-9,11,13,16,18H,1,3-5,7,10,12,14-15H2. The molecule has 1 atom stereocenters. The van der Waals surface area contributed by atoms with Gasteiger partial charge in [-0.15, -0.1) is 0 Å². The number of aromatic nitrogens is 3. The number of hydrogen-bond donors (Lipinski definition) is 0. The Hall–Kier alpha value is -2.17. The van der Waals surface area contributed by atoms with Crippen molar-refractivity contribution in [2.75, 3.05) is 13.1 Å². The van der Waals surface area contributed by atoms with Gasteiger partial charge >= 0.3 is 0 Å². The predicted octanol–water partition coefficient (Wildman–Crippen LogP) is 3.03. The van der Waals surface area contributed by atoms with E-state index in [0.29, 0.717) is 12.3 Å². The fraction of sp³-hybridized carbons (Fsp3) is 0.550. The summed E-state index contributed by atoms with van der Waals surface area (Å²) in [5.41, 5.74) is 0.987. The zero-order valence-electron chi connectivity index (χ0n) is 14.7. The highest BCUT2D eigenvalue weighted by Crippen LogP contribution is 2.31. The van der Waals surface area contributed by atoms with Crippen molar-refractivity contribution < 1.29 is 4.79 Å². The molecule has 0 bridgehead atoms. The maximum absolute atomic E-state index is 12.7. The molecule has 1 aliphatic heterocycles. The van der Waals surface area contributed by atoms with Crippen molar-refractivity contribution in [3.8, 4) is 0 Å². The largest absolute Gasteiger partial charge is 0.342 e. The van der Waals surface area contributed by atoms with Gasteiger partial charge in [-0.1, -0.05) is 12.5 Å². The van der Waals surface area contributed by atoms with Crippen LogP contribution in [0.15, 0.2) is 36.9 Å². The molecular weight excluding hydrogens is 312 g/mol. The predicted molar refractivity (Wildman–Crippen MR) is 96.1 cm³/mol. The van der Waals surface area contributed by atoms with E-state index < -0.39 is 0 Å². The van der Waals surface area contributed by atoms with E-state index in [2.05, 4.69) is 20.7 Å². The Bertz CT molecular complexity index is 707. The van der Waals surface area contributed by atoms with Crippen molar-refractivity contribution in [1.29, 1.82) is 0 Å². The second-order valence-electron chi connectivity index (χ2n) is 7.45. The summed E-state index contributed by atoms with van der Waals surface area (Å²) < 4.78 is 2.34. The van der Waals surface area contributed by atoms with Crippen molar-refractivity contribution in [3.63, 3.8) is 0 Å². The third kappa shape index (κ3) is 3.75. The van der Waals surface area contributed by atoms with Gasteiger partial charge in [-0.25, -0.2) is 4.98 Å². The zero-order valence-corrected chi connectivity index (χ0v) is 14.7. The summed E-state index contributed by atoms with van der Waals surface area (Å²) >= 11 is 0. The van der Waals surface area contributed by atoms with Crippen LogP contribution in [0.25, 0.3) is 0 Å². The Morgan fingerprint density at radius 1 is 1.20 bits per heavy atom. The van der Waals surface area contributed by atoms with Crippen LogP contribution in [-0.2, 0) is 17.8 Å². The maximum Gasteiger partial charge on any atom is 0.227 e. The fourth-order valence-corrected chi connectivity index (χ4v) is 3.99. The first kappa shape index (κ1) is 16.3. The van der Waals surface area contributed by atoms with Crippen molar-refractivity contribution in [3.05, 3.63) is 48.3 Å². The summed E-state index contributed by atoms with van der Waals surface area (Å²) in [4.78, 5) is 23.4. The Labute approximate surface area is 149 Å². The normalized spacial score (nSPS) is 21.1. The molecule has 2 fully saturated rings. The smallest absolute Gasteiger partial charge is 0.227 e. The Balaban J connectivity index is 1.41. The fourth-order valence-electron chi connectivity index (χ4n) is 3.99. The van der Waals surface area contributed by atoms with Gasteiger partial charge in [-0.2, -0.15) is 0 Å². The Morgan fingerprint density at radius 2 is 2.12 bits per heavy atom. The number of piperidine rings is 1. The first-order chi connectivity index (χ1) is 12.3. The maximum atomic E-state index is 12.7. The molecule has 1 saturated carbocycles. The third-order valence-corrected chi connectivity index (χ3v) is 5.64. The van der Waals surface area contributed by atoms with Gasteiger partial charge in [0.2, 0.25) is 5.91 Å². The lowest BCUT2D eigenvalue weighted by Gasteiger charge is -2.34. The van der Waals surface area contributed by atoms with E-state index in [-0.39, 0.29) is 5.91 Å². The highest BCUT2D eigenvalue weighted by atomic mass is 16.2. The highest BCUT2D eigenvalue weighted by Gasteiger charge is 2.28. The molecule has 5 heteroatoms. The van der Waals surface area contributed by atoms with Gasteiger partial charge in [0.15, 0.2) is 0 Å². The molecule has 0 spiro atoms. The van der Waals surface area contributed by atoms with Crippen LogP contribution >= 0.6 is 0 Å². The average molecular weight is 338 g/mol. The Morgan fingerprint density at radius 3 is 2.88 bits per heavy atom. The van der Waals surface area contributed by atoms with E-state index in [4.69, 9.17) is 0 Å². The molecule has 1 amide bonds. The van der Waals surface area contributed by atoms with Gasteiger partial charge in [-0.05, 0) is 43.2 Å². The molecule has 0 N–H and O–H groups in total.